The van der Waals surface area contributed by atoms with Gasteiger partial charge in [0.25, 0.3) is 0 Å². The standard InChI is InChI=1S/C13H18ClNO2/c1-16-11-7-9(14)8-5-3-4-6-10(15)12(8)13(11)17-2/h7,10H,3-6,15H2,1-2H3/t10-/m1/s1. The summed E-state index contributed by atoms with van der Waals surface area (Å²) in [6.07, 6.45) is 4.17. The molecule has 1 atom stereocenters. The third-order valence-electron chi connectivity index (χ3n) is 3.33. The number of nitrogens with two attached hydrogens (primary N) is 1. The highest BCUT2D eigenvalue weighted by atomic mass is 35.5. The number of rotatable bonds is 2. The van der Waals surface area contributed by atoms with Gasteiger partial charge in [0.2, 0.25) is 0 Å². The van der Waals surface area contributed by atoms with Gasteiger partial charge >= 0.3 is 0 Å². The van der Waals surface area contributed by atoms with Gasteiger partial charge in [0.1, 0.15) is 0 Å². The van der Waals surface area contributed by atoms with E-state index in [4.69, 9.17) is 26.8 Å². The van der Waals surface area contributed by atoms with Gasteiger partial charge in [-0.2, -0.15) is 0 Å². The largest absolute Gasteiger partial charge is 0.493 e. The average molecular weight is 256 g/mol. The van der Waals surface area contributed by atoms with Crippen LogP contribution in [-0.2, 0) is 6.42 Å². The number of hydrogen-bond acceptors (Lipinski definition) is 3. The monoisotopic (exact) mass is 255 g/mol. The molecule has 4 heteroatoms. The lowest BCUT2D eigenvalue weighted by molar-refractivity contribution is 0.348. The first kappa shape index (κ1) is 12.5. The van der Waals surface area contributed by atoms with E-state index in [2.05, 4.69) is 0 Å². The first-order valence-electron chi connectivity index (χ1n) is 5.87. The highest BCUT2D eigenvalue weighted by Gasteiger charge is 2.25. The molecule has 1 aliphatic rings. The van der Waals surface area contributed by atoms with Crippen molar-refractivity contribution in [1.82, 2.24) is 0 Å². The third-order valence-corrected chi connectivity index (χ3v) is 3.66. The molecule has 17 heavy (non-hydrogen) atoms. The Morgan fingerprint density at radius 2 is 2.06 bits per heavy atom. The topological polar surface area (TPSA) is 44.5 Å². The van der Waals surface area contributed by atoms with Crippen LogP contribution >= 0.6 is 11.6 Å². The van der Waals surface area contributed by atoms with Crippen molar-refractivity contribution in [2.24, 2.45) is 5.73 Å². The fraction of sp³-hybridized carbons (Fsp3) is 0.538. The molecule has 1 aliphatic carbocycles. The Morgan fingerprint density at radius 1 is 1.29 bits per heavy atom. The lowest BCUT2D eigenvalue weighted by atomic mass is 9.97. The molecule has 3 nitrogen and oxygen atoms in total. The van der Waals surface area contributed by atoms with E-state index in [1.54, 1.807) is 14.2 Å². The second-order valence-corrected chi connectivity index (χ2v) is 4.75. The van der Waals surface area contributed by atoms with Crippen LogP contribution < -0.4 is 15.2 Å². The Balaban J connectivity index is 2.64. The van der Waals surface area contributed by atoms with Gasteiger partial charge in [0.05, 0.1) is 14.2 Å². The Labute approximate surface area is 107 Å². The zero-order valence-corrected chi connectivity index (χ0v) is 11.0. The zero-order chi connectivity index (χ0) is 12.4. The number of methoxy groups -OCH3 is 2. The average Bonchev–Trinajstić information content (AvgIpc) is 2.52. The van der Waals surface area contributed by atoms with E-state index in [0.29, 0.717) is 5.75 Å². The van der Waals surface area contributed by atoms with Crippen LogP contribution in [0.3, 0.4) is 0 Å². The highest BCUT2D eigenvalue weighted by molar-refractivity contribution is 6.31. The van der Waals surface area contributed by atoms with Gasteiger partial charge in [-0.15, -0.1) is 0 Å². The maximum absolute atomic E-state index is 6.30. The van der Waals surface area contributed by atoms with E-state index in [9.17, 15) is 0 Å². The molecule has 0 saturated carbocycles. The van der Waals surface area contributed by atoms with E-state index >= 15 is 0 Å². The summed E-state index contributed by atoms with van der Waals surface area (Å²) in [5.74, 6) is 1.40. The lowest BCUT2D eigenvalue weighted by Crippen LogP contribution is -2.13. The number of ether oxygens (including phenoxy) is 2. The molecule has 0 bridgehead atoms. The van der Waals surface area contributed by atoms with Gasteiger partial charge in [0, 0.05) is 22.7 Å². The van der Waals surface area contributed by atoms with Crippen LogP contribution in [0.15, 0.2) is 6.07 Å². The Morgan fingerprint density at radius 3 is 2.71 bits per heavy atom. The molecule has 2 rings (SSSR count). The SMILES string of the molecule is COc1cc(Cl)c2c(c1OC)[C@H](N)CCCC2. The van der Waals surface area contributed by atoms with Crippen LogP contribution in [0.4, 0.5) is 0 Å². The highest BCUT2D eigenvalue weighted by Crippen LogP contribution is 2.43. The molecule has 94 valence electrons. The fourth-order valence-corrected chi connectivity index (χ4v) is 2.78. The van der Waals surface area contributed by atoms with Crippen molar-refractivity contribution in [3.63, 3.8) is 0 Å². The lowest BCUT2D eigenvalue weighted by Gasteiger charge is -2.20. The Kier molecular flexibility index (Phi) is 3.79. The van der Waals surface area contributed by atoms with Crippen molar-refractivity contribution < 1.29 is 9.47 Å². The molecule has 0 aromatic heterocycles. The molecule has 1 aromatic carbocycles. The molecule has 0 unspecified atom stereocenters. The number of fused-ring (bicyclic) bond motifs is 1. The smallest absolute Gasteiger partial charge is 0.165 e. The number of hydrogen-bond donors (Lipinski definition) is 1. The van der Waals surface area contributed by atoms with Crippen LogP contribution in [0.25, 0.3) is 0 Å². The van der Waals surface area contributed by atoms with Crippen molar-refractivity contribution in [2.45, 2.75) is 31.7 Å². The summed E-state index contributed by atoms with van der Waals surface area (Å²) in [5, 5.41) is 0.731. The van der Waals surface area contributed by atoms with Gasteiger partial charge < -0.3 is 15.2 Å². The summed E-state index contributed by atoms with van der Waals surface area (Å²) in [4.78, 5) is 0. The molecule has 2 N–H and O–H groups in total. The van der Waals surface area contributed by atoms with Crippen LogP contribution in [0.2, 0.25) is 5.02 Å². The molecule has 0 heterocycles. The van der Waals surface area contributed by atoms with Gasteiger partial charge in [0.15, 0.2) is 11.5 Å². The van der Waals surface area contributed by atoms with Crippen molar-refractivity contribution in [3.8, 4) is 11.5 Å². The summed E-state index contributed by atoms with van der Waals surface area (Å²) < 4.78 is 10.8. The molecular weight excluding hydrogens is 238 g/mol. The second kappa shape index (κ2) is 5.15. The van der Waals surface area contributed by atoms with Crippen molar-refractivity contribution in [3.05, 3.63) is 22.2 Å². The summed E-state index contributed by atoms with van der Waals surface area (Å²) in [6, 6.07) is 1.80. The zero-order valence-electron chi connectivity index (χ0n) is 10.3. The van der Waals surface area contributed by atoms with E-state index in [0.717, 1.165) is 47.6 Å². The molecule has 0 radical (unpaired) electrons. The van der Waals surface area contributed by atoms with Crippen LogP contribution in [0.1, 0.15) is 36.4 Å². The van der Waals surface area contributed by atoms with E-state index in [1.807, 2.05) is 6.07 Å². The first-order chi connectivity index (χ1) is 8.19. The Hall–Kier alpha value is -0.930. The molecular formula is C13H18ClNO2. The minimum Gasteiger partial charge on any atom is -0.493 e. The van der Waals surface area contributed by atoms with Gasteiger partial charge in [-0.05, 0) is 24.8 Å². The molecule has 0 aliphatic heterocycles. The van der Waals surface area contributed by atoms with Crippen LogP contribution in [0.5, 0.6) is 11.5 Å². The quantitative estimate of drug-likeness (QED) is 0.826. The van der Waals surface area contributed by atoms with Gasteiger partial charge in [-0.1, -0.05) is 18.0 Å². The Bertz CT molecular complexity index is 420. The fourth-order valence-electron chi connectivity index (χ4n) is 2.48. The molecule has 0 amide bonds. The molecule has 0 fully saturated rings. The third kappa shape index (κ3) is 2.22. The molecule has 1 aromatic rings. The minimum atomic E-state index is -0.0185. The summed E-state index contributed by atoms with van der Waals surface area (Å²) >= 11 is 6.30. The molecule has 0 spiro atoms. The predicted molar refractivity (Wildman–Crippen MR) is 69.0 cm³/mol. The maximum Gasteiger partial charge on any atom is 0.165 e. The first-order valence-corrected chi connectivity index (χ1v) is 6.25. The van der Waals surface area contributed by atoms with E-state index in [1.165, 1.54) is 0 Å². The molecule has 0 saturated heterocycles. The second-order valence-electron chi connectivity index (χ2n) is 4.34. The maximum atomic E-state index is 6.30. The van der Waals surface area contributed by atoms with Crippen LogP contribution in [0, 0.1) is 0 Å². The van der Waals surface area contributed by atoms with Crippen molar-refractivity contribution in [1.29, 1.82) is 0 Å². The number of halogens is 1. The predicted octanol–water partition coefficient (Wildman–Crippen LogP) is 3.08. The van der Waals surface area contributed by atoms with Crippen molar-refractivity contribution >= 4 is 11.6 Å². The van der Waals surface area contributed by atoms with Crippen LogP contribution in [-0.4, -0.2) is 14.2 Å². The van der Waals surface area contributed by atoms with Crippen molar-refractivity contribution in [2.75, 3.05) is 14.2 Å². The van der Waals surface area contributed by atoms with Gasteiger partial charge in [-0.25, -0.2) is 0 Å². The minimum absolute atomic E-state index is 0.0185. The summed E-state index contributed by atoms with van der Waals surface area (Å²) in [6.45, 7) is 0. The summed E-state index contributed by atoms with van der Waals surface area (Å²) in [7, 11) is 3.26. The number of benzene rings is 1. The van der Waals surface area contributed by atoms with E-state index in [-0.39, 0.29) is 6.04 Å². The summed E-state index contributed by atoms with van der Waals surface area (Å²) in [5.41, 5.74) is 8.36. The van der Waals surface area contributed by atoms with Gasteiger partial charge in [-0.3, -0.25) is 0 Å². The van der Waals surface area contributed by atoms with E-state index < -0.39 is 0 Å². The normalized spacial score (nSPS) is 19.4.